The largest absolute Gasteiger partial charge is 0.495 e. The summed E-state index contributed by atoms with van der Waals surface area (Å²) in [7, 11) is -2.44. The second kappa shape index (κ2) is 10.2. The van der Waals surface area contributed by atoms with Crippen molar-refractivity contribution in [3.8, 4) is 5.75 Å². The van der Waals surface area contributed by atoms with E-state index in [0.29, 0.717) is 18.1 Å². The molecule has 0 unspecified atom stereocenters. The second-order valence-corrected chi connectivity index (χ2v) is 10.5. The monoisotopic (exact) mass is 517 g/mol. The lowest BCUT2D eigenvalue weighted by Gasteiger charge is -2.36. The quantitative estimate of drug-likeness (QED) is 0.518. The number of halogens is 2. The first-order valence-electron chi connectivity index (χ1n) is 11.0. The van der Waals surface area contributed by atoms with Crippen LogP contribution in [0.2, 0.25) is 5.02 Å². The van der Waals surface area contributed by atoms with Crippen molar-refractivity contribution in [3.05, 3.63) is 82.6 Å². The molecular formula is C25H25ClFN3O4S. The molecular weight excluding hydrogens is 493 g/mol. The number of nitrogens with one attached hydrogen (secondary N) is 1. The van der Waals surface area contributed by atoms with Crippen LogP contribution in [0, 0.1) is 12.7 Å². The lowest BCUT2D eigenvalue weighted by Crippen LogP contribution is -2.48. The molecule has 35 heavy (non-hydrogen) atoms. The molecule has 1 amide bonds. The van der Waals surface area contributed by atoms with Crippen LogP contribution in [-0.4, -0.2) is 51.9 Å². The van der Waals surface area contributed by atoms with Gasteiger partial charge in [0.15, 0.2) is 0 Å². The average molecular weight is 518 g/mol. The van der Waals surface area contributed by atoms with Crippen molar-refractivity contribution in [2.24, 2.45) is 0 Å². The van der Waals surface area contributed by atoms with Gasteiger partial charge >= 0.3 is 0 Å². The Morgan fingerprint density at radius 2 is 1.74 bits per heavy atom. The van der Waals surface area contributed by atoms with Crippen LogP contribution in [0.15, 0.2) is 65.6 Å². The maximum absolute atomic E-state index is 14.0. The highest BCUT2D eigenvalue weighted by Crippen LogP contribution is 2.31. The normalized spacial score (nSPS) is 14.6. The van der Waals surface area contributed by atoms with E-state index >= 15 is 0 Å². The highest BCUT2D eigenvalue weighted by Gasteiger charge is 2.30. The summed E-state index contributed by atoms with van der Waals surface area (Å²) in [5.74, 6) is -1.13. The van der Waals surface area contributed by atoms with Gasteiger partial charge in [-0.25, -0.2) is 12.8 Å². The van der Waals surface area contributed by atoms with Crippen molar-refractivity contribution in [1.29, 1.82) is 0 Å². The van der Waals surface area contributed by atoms with Crippen molar-refractivity contribution in [2.75, 3.05) is 43.5 Å². The number of benzene rings is 3. The predicted octanol–water partition coefficient (Wildman–Crippen LogP) is 4.56. The number of aryl methyl sites for hydroxylation is 1. The Morgan fingerprint density at radius 1 is 1.03 bits per heavy atom. The van der Waals surface area contributed by atoms with Crippen molar-refractivity contribution in [1.82, 2.24) is 4.31 Å². The van der Waals surface area contributed by atoms with Crippen LogP contribution in [0.25, 0.3) is 0 Å². The van der Waals surface area contributed by atoms with E-state index < -0.39 is 21.7 Å². The van der Waals surface area contributed by atoms with Crippen LogP contribution in [-0.2, 0) is 10.0 Å². The molecule has 1 fully saturated rings. The smallest absolute Gasteiger partial charge is 0.258 e. The number of methoxy groups -OCH3 is 1. The average Bonchev–Trinajstić information content (AvgIpc) is 2.85. The first-order chi connectivity index (χ1) is 16.7. The Bertz CT molecular complexity index is 1360. The maximum atomic E-state index is 14.0. The lowest BCUT2D eigenvalue weighted by molar-refractivity contribution is 0.102. The third-order valence-electron chi connectivity index (χ3n) is 5.93. The van der Waals surface area contributed by atoms with Crippen LogP contribution >= 0.6 is 11.6 Å². The highest BCUT2D eigenvalue weighted by atomic mass is 35.5. The summed E-state index contributed by atoms with van der Waals surface area (Å²) in [4.78, 5) is 14.7. The summed E-state index contributed by atoms with van der Waals surface area (Å²) < 4.78 is 47.5. The van der Waals surface area contributed by atoms with E-state index in [4.69, 9.17) is 16.3 Å². The van der Waals surface area contributed by atoms with Gasteiger partial charge in [0.1, 0.15) is 11.6 Å². The summed E-state index contributed by atoms with van der Waals surface area (Å²) in [6.07, 6.45) is 0. The molecule has 0 radical (unpaired) electrons. The second-order valence-electron chi connectivity index (χ2n) is 8.12. The van der Waals surface area contributed by atoms with Gasteiger partial charge in [0.25, 0.3) is 5.91 Å². The molecule has 3 aromatic rings. The van der Waals surface area contributed by atoms with Crippen LogP contribution in [0.1, 0.15) is 15.9 Å². The molecule has 1 heterocycles. The van der Waals surface area contributed by atoms with Gasteiger partial charge in [0.05, 0.1) is 23.3 Å². The fraction of sp³-hybridized carbons (Fsp3) is 0.240. The zero-order valence-electron chi connectivity index (χ0n) is 19.3. The molecule has 0 aromatic heterocycles. The fourth-order valence-electron chi connectivity index (χ4n) is 4.02. The minimum atomic E-state index is -3.84. The Morgan fingerprint density at radius 3 is 2.43 bits per heavy atom. The topological polar surface area (TPSA) is 79.0 Å². The van der Waals surface area contributed by atoms with Crippen molar-refractivity contribution >= 4 is 38.9 Å². The fourth-order valence-corrected chi connectivity index (χ4v) is 5.64. The van der Waals surface area contributed by atoms with Gasteiger partial charge in [-0.2, -0.15) is 4.31 Å². The van der Waals surface area contributed by atoms with Crippen molar-refractivity contribution in [2.45, 2.75) is 11.8 Å². The number of carbonyl (C=O) groups excluding carboxylic acids is 1. The van der Waals surface area contributed by atoms with Crippen molar-refractivity contribution < 1.29 is 22.3 Å². The third-order valence-corrected chi connectivity index (χ3v) is 8.06. The van der Waals surface area contributed by atoms with Crippen molar-refractivity contribution in [3.63, 3.8) is 0 Å². The summed E-state index contributed by atoms with van der Waals surface area (Å²) in [6, 6.07) is 15.4. The minimum Gasteiger partial charge on any atom is -0.495 e. The third kappa shape index (κ3) is 5.27. The Hall–Kier alpha value is -3.14. The molecule has 0 atom stereocenters. The summed E-state index contributed by atoms with van der Waals surface area (Å²) in [5, 5.41) is 3.19. The van der Waals surface area contributed by atoms with Crippen LogP contribution < -0.4 is 15.0 Å². The molecule has 7 nitrogen and oxygen atoms in total. The SMILES string of the molecule is COc1ccc(S(=O)(=O)N2CCN(c3cc(Cl)ccc3C)CC2)cc1NC(=O)c1ccccc1F. The number of amides is 1. The highest BCUT2D eigenvalue weighted by molar-refractivity contribution is 7.89. The molecule has 0 spiro atoms. The molecule has 1 aliphatic rings. The Kier molecular flexibility index (Phi) is 7.30. The summed E-state index contributed by atoms with van der Waals surface area (Å²) in [5.41, 5.74) is 2.03. The number of hydrogen-bond acceptors (Lipinski definition) is 5. The van der Waals surface area contributed by atoms with Gasteiger partial charge in [0, 0.05) is 36.9 Å². The first kappa shape index (κ1) is 25.0. The molecule has 0 saturated carbocycles. The van der Waals surface area contributed by atoms with Gasteiger partial charge in [-0.1, -0.05) is 29.8 Å². The molecule has 0 aliphatic carbocycles. The van der Waals surface area contributed by atoms with Gasteiger partial charge in [0.2, 0.25) is 10.0 Å². The van der Waals surface area contributed by atoms with E-state index in [0.717, 1.165) is 11.3 Å². The van der Waals surface area contributed by atoms with E-state index in [1.54, 1.807) is 6.07 Å². The lowest BCUT2D eigenvalue weighted by atomic mass is 10.1. The van der Waals surface area contributed by atoms with E-state index in [2.05, 4.69) is 10.2 Å². The van der Waals surface area contributed by atoms with Crippen LogP contribution in [0.3, 0.4) is 0 Å². The molecule has 3 aromatic carbocycles. The maximum Gasteiger partial charge on any atom is 0.258 e. The number of anilines is 2. The zero-order valence-corrected chi connectivity index (χ0v) is 20.9. The zero-order chi connectivity index (χ0) is 25.2. The number of sulfonamides is 1. The molecule has 0 bridgehead atoms. The predicted molar refractivity (Wildman–Crippen MR) is 135 cm³/mol. The number of carbonyl (C=O) groups is 1. The van der Waals surface area contributed by atoms with Gasteiger partial charge in [-0.15, -0.1) is 0 Å². The summed E-state index contributed by atoms with van der Waals surface area (Å²) in [6.45, 7) is 3.58. The number of piperazine rings is 1. The Labute approximate surface area is 209 Å². The summed E-state index contributed by atoms with van der Waals surface area (Å²) >= 11 is 6.15. The van der Waals surface area contributed by atoms with Gasteiger partial charge in [-0.3, -0.25) is 4.79 Å². The van der Waals surface area contributed by atoms with Gasteiger partial charge in [-0.05, 0) is 55.0 Å². The number of nitrogens with zero attached hydrogens (tertiary/aromatic N) is 2. The van der Waals surface area contributed by atoms with E-state index in [1.807, 2.05) is 25.1 Å². The Balaban J connectivity index is 1.54. The van der Waals surface area contributed by atoms with Crippen LogP contribution in [0.5, 0.6) is 5.75 Å². The molecule has 4 rings (SSSR count). The first-order valence-corrected chi connectivity index (χ1v) is 12.8. The molecule has 1 saturated heterocycles. The minimum absolute atomic E-state index is 0.00881. The molecule has 10 heteroatoms. The van der Waals surface area contributed by atoms with E-state index in [1.165, 1.54) is 47.8 Å². The number of hydrogen-bond donors (Lipinski definition) is 1. The van der Waals surface area contributed by atoms with Gasteiger partial charge < -0.3 is 15.0 Å². The molecule has 184 valence electrons. The standard InChI is InChI=1S/C25H25ClFN3O4S/c1-17-7-8-18(26)15-23(17)29-11-13-30(14-12-29)35(32,33)19-9-10-24(34-2)22(16-19)28-25(31)20-5-3-4-6-21(20)27/h3-10,15-16H,11-14H2,1-2H3,(H,28,31). The number of rotatable bonds is 6. The number of ether oxygens (including phenoxy) is 1. The molecule has 1 N–H and O–H groups in total. The van der Waals surface area contributed by atoms with E-state index in [-0.39, 0.29) is 35.0 Å². The molecule has 1 aliphatic heterocycles. The van der Waals surface area contributed by atoms with E-state index in [9.17, 15) is 17.6 Å². The van der Waals surface area contributed by atoms with Crippen LogP contribution in [0.4, 0.5) is 15.8 Å².